The number of aromatic nitrogens is 2. The van der Waals surface area contributed by atoms with Crippen molar-refractivity contribution in [3.05, 3.63) is 59.9 Å². The van der Waals surface area contributed by atoms with E-state index >= 15 is 0 Å². The molecule has 1 aliphatic rings. The monoisotopic (exact) mass is 410 g/mol. The van der Waals surface area contributed by atoms with Crippen LogP contribution in [0.4, 0.5) is 11.4 Å². The van der Waals surface area contributed by atoms with Gasteiger partial charge >= 0.3 is 0 Å². The van der Waals surface area contributed by atoms with Crippen molar-refractivity contribution < 1.29 is 13.2 Å². The number of carbonyl (C=O) groups is 1. The molecule has 1 aromatic heterocycles. The highest BCUT2D eigenvalue weighted by Gasteiger charge is 2.39. The number of benzene rings is 2. The van der Waals surface area contributed by atoms with Crippen molar-refractivity contribution in [1.82, 2.24) is 9.78 Å². The molecule has 0 saturated heterocycles. The number of nitrogens with one attached hydrogen (secondary N) is 1. The Hall–Kier alpha value is -3.13. The van der Waals surface area contributed by atoms with Crippen LogP contribution in [0.3, 0.4) is 0 Å². The molecule has 1 N–H and O–H groups in total. The number of para-hydroxylation sites is 1. The normalized spacial score (nSPS) is 16.5. The summed E-state index contributed by atoms with van der Waals surface area (Å²) in [5.74, 6) is -0.351. The molecule has 0 aliphatic carbocycles. The van der Waals surface area contributed by atoms with Crippen LogP contribution < -0.4 is 9.62 Å². The molecule has 0 spiro atoms. The first kappa shape index (κ1) is 19.2. The number of fused-ring (bicyclic) bond motifs is 1. The molecule has 4 rings (SSSR count). The zero-order valence-corrected chi connectivity index (χ0v) is 17.5. The molecular formula is C21H22N4O3S. The van der Waals surface area contributed by atoms with Gasteiger partial charge in [0, 0.05) is 18.8 Å². The van der Waals surface area contributed by atoms with Gasteiger partial charge in [0.25, 0.3) is 10.0 Å². The van der Waals surface area contributed by atoms with E-state index in [1.807, 2.05) is 32.3 Å². The molecule has 8 heteroatoms. The van der Waals surface area contributed by atoms with Crippen molar-refractivity contribution in [3.8, 4) is 11.1 Å². The predicted octanol–water partition coefficient (Wildman–Crippen LogP) is 3.24. The van der Waals surface area contributed by atoms with Crippen LogP contribution >= 0.6 is 0 Å². The second-order valence-electron chi connectivity index (χ2n) is 7.32. The number of nitrogens with zero attached hydrogens (tertiary/aromatic N) is 3. The maximum Gasteiger partial charge on any atom is 0.265 e. The Morgan fingerprint density at radius 2 is 1.83 bits per heavy atom. The summed E-state index contributed by atoms with van der Waals surface area (Å²) in [4.78, 5) is 12.6. The van der Waals surface area contributed by atoms with E-state index in [0.717, 1.165) is 16.7 Å². The lowest BCUT2D eigenvalue weighted by molar-refractivity contribution is -0.117. The number of hydrogen-bond donors (Lipinski definition) is 1. The number of rotatable bonds is 3. The summed E-state index contributed by atoms with van der Waals surface area (Å²) in [5.41, 5.74) is 4.20. The van der Waals surface area contributed by atoms with E-state index in [2.05, 4.69) is 10.4 Å². The molecule has 1 amide bonds. The second-order valence-corrected chi connectivity index (χ2v) is 9.10. The van der Waals surface area contributed by atoms with Gasteiger partial charge < -0.3 is 5.32 Å². The van der Waals surface area contributed by atoms with Crippen molar-refractivity contribution in [2.24, 2.45) is 7.05 Å². The highest BCUT2D eigenvalue weighted by molar-refractivity contribution is 7.93. The molecule has 1 unspecified atom stereocenters. The first-order chi connectivity index (χ1) is 13.7. The first-order valence-electron chi connectivity index (χ1n) is 9.24. The van der Waals surface area contributed by atoms with Crippen LogP contribution in [0.15, 0.2) is 53.7 Å². The number of amides is 1. The fourth-order valence-electron chi connectivity index (χ4n) is 3.71. The van der Waals surface area contributed by atoms with Crippen molar-refractivity contribution >= 4 is 27.3 Å². The van der Waals surface area contributed by atoms with Crippen LogP contribution in [0.25, 0.3) is 11.1 Å². The minimum Gasteiger partial charge on any atom is -0.322 e. The summed E-state index contributed by atoms with van der Waals surface area (Å²) >= 11 is 0. The van der Waals surface area contributed by atoms with E-state index in [9.17, 15) is 13.2 Å². The van der Waals surface area contributed by atoms with Gasteiger partial charge in [-0.3, -0.25) is 13.8 Å². The number of sulfonamides is 1. The molecular weight excluding hydrogens is 388 g/mol. The Bertz CT molecular complexity index is 1230. The van der Waals surface area contributed by atoms with Gasteiger partial charge in [-0.15, -0.1) is 0 Å². The van der Waals surface area contributed by atoms with Crippen molar-refractivity contribution in [1.29, 1.82) is 0 Å². The lowest BCUT2D eigenvalue weighted by atomic mass is 10.1. The van der Waals surface area contributed by atoms with Crippen LogP contribution in [0.5, 0.6) is 0 Å². The summed E-state index contributed by atoms with van der Waals surface area (Å²) in [6.07, 6.45) is 3.61. The maximum atomic E-state index is 13.7. The number of anilines is 2. The Morgan fingerprint density at radius 3 is 2.48 bits per heavy atom. The highest BCUT2D eigenvalue weighted by Crippen LogP contribution is 2.39. The third-order valence-corrected chi connectivity index (χ3v) is 7.23. The van der Waals surface area contributed by atoms with E-state index in [4.69, 9.17) is 0 Å². The molecule has 29 heavy (non-hydrogen) atoms. The van der Waals surface area contributed by atoms with Crippen molar-refractivity contribution in [2.75, 3.05) is 9.62 Å². The van der Waals surface area contributed by atoms with Gasteiger partial charge in [-0.1, -0.05) is 18.2 Å². The lowest BCUT2D eigenvalue weighted by Gasteiger charge is -2.36. The topological polar surface area (TPSA) is 84.3 Å². The molecule has 0 radical (unpaired) electrons. The van der Waals surface area contributed by atoms with Gasteiger partial charge in [0.1, 0.15) is 6.04 Å². The Labute approximate surface area is 170 Å². The summed E-state index contributed by atoms with van der Waals surface area (Å²) in [6.45, 7) is 5.20. The van der Waals surface area contributed by atoms with Crippen LogP contribution in [-0.2, 0) is 21.9 Å². The van der Waals surface area contributed by atoms with Crippen molar-refractivity contribution in [2.45, 2.75) is 31.7 Å². The average Bonchev–Trinajstić information content (AvgIpc) is 3.09. The highest BCUT2D eigenvalue weighted by atomic mass is 32.2. The molecule has 0 saturated carbocycles. The number of carbonyl (C=O) groups excluding carboxylic acids is 1. The molecule has 7 nitrogen and oxygen atoms in total. The van der Waals surface area contributed by atoms with Gasteiger partial charge in [-0.05, 0) is 55.7 Å². The average molecular weight is 410 g/mol. The SMILES string of the molecule is Cc1cc(-c2cnn(C)c2)ccc1S(=O)(=O)N1c2c(C)cccc2NC(=O)C1C. The summed E-state index contributed by atoms with van der Waals surface area (Å²) in [5, 5.41) is 6.96. The van der Waals surface area contributed by atoms with E-state index < -0.39 is 16.1 Å². The van der Waals surface area contributed by atoms with Crippen LogP contribution in [-0.4, -0.2) is 30.1 Å². The lowest BCUT2D eigenvalue weighted by Crippen LogP contribution is -2.49. The largest absolute Gasteiger partial charge is 0.322 e. The molecule has 1 aliphatic heterocycles. The summed E-state index contributed by atoms with van der Waals surface area (Å²) in [6, 6.07) is 9.69. The standard InChI is InChI=1S/C21H22N4O3S/c1-13-6-5-7-18-20(13)25(15(3)21(26)23-18)29(27,28)19-9-8-16(10-14(19)2)17-11-22-24(4)12-17/h5-12,15H,1-4H3,(H,23,26). The van der Waals surface area contributed by atoms with Gasteiger partial charge in [-0.2, -0.15) is 5.10 Å². The van der Waals surface area contributed by atoms with Crippen molar-refractivity contribution in [3.63, 3.8) is 0 Å². The molecule has 2 aromatic carbocycles. The molecule has 0 bridgehead atoms. The van der Waals surface area contributed by atoms with Gasteiger partial charge in [0.05, 0.1) is 22.5 Å². The minimum absolute atomic E-state index is 0.181. The Morgan fingerprint density at radius 1 is 1.07 bits per heavy atom. The summed E-state index contributed by atoms with van der Waals surface area (Å²) < 4.78 is 30.3. The van der Waals surface area contributed by atoms with E-state index in [0.29, 0.717) is 16.9 Å². The third-order valence-electron chi connectivity index (χ3n) is 5.20. The summed E-state index contributed by atoms with van der Waals surface area (Å²) in [7, 11) is -2.12. The smallest absolute Gasteiger partial charge is 0.265 e. The first-order valence-corrected chi connectivity index (χ1v) is 10.7. The fourth-order valence-corrected chi connectivity index (χ4v) is 5.63. The minimum atomic E-state index is -3.95. The molecule has 3 aromatic rings. The van der Waals surface area contributed by atoms with Gasteiger partial charge in [-0.25, -0.2) is 8.42 Å². The van der Waals surface area contributed by atoms with E-state index in [1.165, 1.54) is 4.31 Å². The van der Waals surface area contributed by atoms with Crippen LogP contribution in [0, 0.1) is 13.8 Å². The van der Waals surface area contributed by atoms with E-state index in [-0.39, 0.29) is 10.8 Å². The molecule has 150 valence electrons. The van der Waals surface area contributed by atoms with Crippen LogP contribution in [0.2, 0.25) is 0 Å². The molecule has 2 heterocycles. The Balaban J connectivity index is 1.84. The zero-order valence-electron chi connectivity index (χ0n) is 16.7. The molecule has 0 fully saturated rings. The van der Waals surface area contributed by atoms with E-state index in [1.54, 1.807) is 49.0 Å². The number of aryl methyl sites for hydroxylation is 3. The Kier molecular flexibility index (Phi) is 4.46. The maximum absolute atomic E-state index is 13.7. The molecule has 1 atom stereocenters. The van der Waals surface area contributed by atoms with Crippen LogP contribution in [0.1, 0.15) is 18.1 Å². The quantitative estimate of drug-likeness (QED) is 0.718. The fraction of sp³-hybridized carbons (Fsp3) is 0.238. The number of hydrogen-bond acceptors (Lipinski definition) is 4. The zero-order chi connectivity index (χ0) is 20.9. The predicted molar refractivity (Wildman–Crippen MR) is 112 cm³/mol. The van der Waals surface area contributed by atoms with Gasteiger partial charge in [0.2, 0.25) is 5.91 Å². The van der Waals surface area contributed by atoms with Gasteiger partial charge in [0.15, 0.2) is 0 Å². The third kappa shape index (κ3) is 3.09. The second kappa shape index (κ2) is 6.73.